The van der Waals surface area contributed by atoms with Gasteiger partial charge in [0, 0.05) is 0 Å². The van der Waals surface area contributed by atoms with Gasteiger partial charge in [-0.15, -0.1) is 0 Å². The average Bonchev–Trinajstić information content (AvgIpc) is 3.17. The first kappa shape index (κ1) is 24.4. The highest BCUT2D eigenvalue weighted by Crippen LogP contribution is 2.18. The van der Waals surface area contributed by atoms with E-state index in [0.717, 1.165) is 13.3 Å². The Balaban J connectivity index is 1.58. The number of hydrogen-bond donors (Lipinski definition) is 0. The molecule has 1 aliphatic rings. The van der Waals surface area contributed by atoms with Crippen molar-refractivity contribution in [3.63, 3.8) is 0 Å². The predicted molar refractivity (Wildman–Crippen MR) is 123 cm³/mol. The monoisotopic (exact) mass is 405 g/mol. The lowest BCUT2D eigenvalue weighted by Crippen LogP contribution is -2.35. The van der Waals surface area contributed by atoms with Crippen molar-refractivity contribution in [2.45, 2.75) is 148 Å². The average molecular weight is 406 g/mol. The van der Waals surface area contributed by atoms with E-state index in [4.69, 9.17) is 4.74 Å². The van der Waals surface area contributed by atoms with Crippen molar-refractivity contribution >= 4 is 0 Å². The molecule has 29 heavy (non-hydrogen) atoms. The van der Waals surface area contributed by atoms with Crippen molar-refractivity contribution in [1.82, 2.24) is 4.57 Å². The highest BCUT2D eigenvalue weighted by molar-refractivity contribution is 4.66. The van der Waals surface area contributed by atoms with Crippen LogP contribution in [0.25, 0.3) is 0 Å². The molecule has 1 saturated carbocycles. The molecule has 3 heteroatoms. The standard InChI is InChI=1S/C26H49N2O/c1-2-3-4-5-6-12-15-18-21-27-22-23-28(24-27)25-29-26-19-16-13-10-8-7-9-11-14-17-20-26/h22-24,26H,2-21,25H2,1H3/q+1. The normalized spacial score (nSPS) is 17.7. The third kappa shape index (κ3) is 12.5. The largest absolute Gasteiger partial charge is 0.338 e. The molecule has 3 nitrogen and oxygen atoms in total. The van der Waals surface area contributed by atoms with Crippen LogP contribution in [0.1, 0.15) is 129 Å². The van der Waals surface area contributed by atoms with Crippen LogP contribution in [-0.2, 0) is 18.0 Å². The summed E-state index contributed by atoms with van der Waals surface area (Å²) in [5.74, 6) is 0. The Morgan fingerprint density at radius 1 is 0.759 bits per heavy atom. The molecule has 0 bridgehead atoms. The number of imidazole rings is 1. The Morgan fingerprint density at radius 3 is 1.93 bits per heavy atom. The SMILES string of the molecule is CCCCCCCCCCn1cc[n+](COC2CCCCCCCCCCC2)c1. The number of hydrogen-bond acceptors (Lipinski definition) is 1. The lowest BCUT2D eigenvalue weighted by Gasteiger charge is -2.17. The Hall–Kier alpha value is -0.830. The van der Waals surface area contributed by atoms with Crippen LogP contribution in [0.15, 0.2) is 18.7 Å². The fraction of sp³-hybridized carbons (Fsp3) is 0.885. The van der Waals surface area contributed by atoms with Crippen molar-refractivity contribution in [3.8, 4) is 0 Å². The van der Waals surface area contributed by atoms with Gasteiger partial charge in [0.05, 0.1) is 12.6 Å². The summed E-state index contributed by atoms with van der Waals surface area (Å²) in [4.78, 5) is 0. The van der Waals surface area contributed by atoms with Gasteiger partial charge in [0.25, 0.3) is 0 Å². The molecule has 0 aromatic carbocycles. The molecule has 1 aromatic heterocycles. The first-order valence-electron chi connectivity index (χ1n) is 13.0. The zero-order chi connectivity index (χ0) is 20.4. The molecule has 0 radical (unpaired) electrons. The summed E-state index contributed by atoms with van der Waals surface area (Å²) >= 11 is 0. The van der Waals surface area contributed by atoms with Gasteiger partial charge in [0.15, 0.2) is 6.73 Å². The van der Waals surface area contributed by atoms with Gasteiger partial charge in [0.1, 0.15) is 12.4 Å². The molecule has 1 aromatic rings. The summed E-state index contributed by atoms with van der Waals surface area (Å²) in [6.07, 6.45) is 33.3. The zero-order valence-electron chi connectivity index (χ0n) is 19.5. The van der Waals surface area contributed by atoms with E-state index >= 15 is 0 Å². The van der Waals surface area contributed by atoms with E-state index in [1.165, 1.54) is 122 Å². The fourth-order valence-corrected chi connectivity index (χ4v) is 4.56. The molecular formula is C26H49N2O+. The zero-order valence-corrected chi connectivity index (χ0v) is 19.5. The molecular weight excluding hydrogens is 356 g/mol. The molecule has 1 aliphatic carbocycles. The smallest absolute Gasteiger partial charge is 0.245 e. The minimum Gasteiger partial charge on any atom is -0.338 e. The van der Waals surface area contributed by atoms with Crippen LogP contribution in [0, 0.1) is 0 Å². The highest BCUT2D eigenvalue weighted by atomic mass is 16.5. The molecule has 2 rings (SSSR count). The number of unbranched alkanes of at least 4 members (excludes halogenated alkanes) is 7. The summed E-state index contributed by atoms with van der Waals surface area (Å²) in [5.41, 5.74) is 0. The second kappa shape index (κ2) is 16.9. The number of aromatic nitrogens is 2. The van der Waals surface area contributed by atoms with Gasteiger partial charge in [-0.25, -0.2) is 9.13 Å². The molecule has 168 valence electrons. The summed E-state index contributed by atoms with van der Waals surface area (Å²) in [7, 11) is 0. The first-order chi connectivity index (χ1) is 14.4. The van der Waals surface area contributed by atoms with Gasteiger partial charge >= 0.3 is 0 Å². The van der Waals surface area contributed by atoms with Crippen LogP contribution in [0.4, 0.5) is 0 Å². The topological polar surface area (TPSA) is 18.0 Å². The van der Waals surface area contributed by atoms with Gasteiger partial charge in [-0.3, -0.25) is 0 Å². The van der Waals surface area contributed by atoms with Crippen LogP contribution >= 0.6 is 0 Å². The lowest BCUT2D eigenvalue weighted by molar-refractivity contribution is -0.734. The van der Waals surface area contributed by atoms with E-state index in [-0.39, 0.29) is 0 Å². The number of aryl methyl sites for hydroxylation is 1. The summed E-state index contributed by atoms with van der Waals surface area (Å²) < 4.78 is 10.9. The van der Waals surface area contributed by atoms with Gasteiger partial charge in [-0.2, -0.15) is 0 Å². The Morgan fingerprint density at radius 2 is 1.31 bits per heavy atom. The maximum Gasteiger partial charge on any atom is 0.245 e. The van der Waals surface area contributed by atoms with Gasteiger partial charge < -0.3 is 4.74 Å². The van der Waals surface area contributed by atoms with Crippen LogP contribution in [0.3, 0.4) is 0 Å². The number of rotatable bonds is 12. The molecule has 1 fully saturated rings. The maximum absolute atomic E-state index is 6.33. The molecule has 1 heterocycles. The highest BCUT2D eigenvalue weighted by Gasteiger charge is 2.12. The third-order valence-corrected chi connectivity index (χ3v) is 6.53. The van der Waals surface area contributed by atoms with Crippen LogP contribution in [-0.4, -0.2) is 10.7 Å². The number of ether oxygens (including phenoxy) is 1. The molecule has 0 saturated heterocycles. The summed E-state index contributed by atoms with van der Waals surface area (Å²) in [6, 6.07) is 0. The van der Waals surface area contributed by atoms with E-state index in [2.05, 4.69) is 34.8 Å². The van der Waals surface area contributed by atoms with Crippen molar-refractivity contribution in [3.05, 3.63) is 18.7 Å². The Bertz CT molecular complexity index is 473. The minimum absolute atomic E-state index is 0.456. The van der Waals surface area contributed by atoms with Gasteiger partial charge in [-0.1, -0.05) is 103 Å². The molecule has 0 spiro atoms. The van der Waals surface area contributed by atoms with E-state index in [0.29, 0.717) is 6.10 Å². The quantitative estimate of drug-likeness (QED) is 0.259. The van der Waals surface area contributed by atoms with Crippen LogP contribution < -0.4 is 4.57 Å². The van der Waals surface area contributed by atoms with E-state index in [1.54, 1.807) is 0 Å². The van der Waals surface area contributed by atoms with E-state index in [1.807, 2.05) is 0 Å². The molecule has 0 N–H and O–H groups in total. The minimum atomic E-state index is 0.456. The van der Waals surface area contributed by atoms with Crippen LogP contribution in [0.2, 0.25) is 0 Å². The molecule has 0 unspecified atom stereocenters. The Kier molecular flexibility index (Phi) is 14.3. The third-order valence-electron chi connectivity index (χ3n) is 6.53. The lowest BCUT2D eigenvalue weighted by atomic mass is 9.99. The van der Waals surface area contributed by atoms with Crippen LogP contribution in [0.5, 0.6) is 0 Å². The van der Waals surface area contributed by atoms with Crippen molar-refractivity contribution in [1.29, 1.82) is 0 Å². The molecule has 0 aliphatic heterocycles. The number of nitrogens with zero attached hydrogens (tertiary/aromatic N) is 2. The second-order valence-corrected chi connectivity index (χ2v) is 9.32. The van der Waals surface area contributed by atoms with Crippen molar-refractivity contribution in [2.24, 2.45) is 0 Å². The molecule has 0 atom stereocenters. The van der Waals surface area contributed by atoms with Gasteiger partial charge in [-0.05, 0) is 25.7 Å². The fourth-order valence-electron chi connectivity index (χ4n) is 4.56. The summed E-state index contributed by atoms with van der Waals surface area (Å²) in [6.45, 7) is 4.15. The van der Waals surface area contributed by atoms with E-state index in [9.17, 15) is 0 Å². The van der Waals surface area contributed by atoms with Crippen molar-refractivity contribution < 1.29 is 9.30 Å². The van der Waals surface area contributed by atoms with Gasteiger partial charge in [0.2, 0.25) is 6.33 Å². The van der Waals surface area contributed by atoms with E-state index < -0.39 is 0 Å². The van der Waals surface area contributed by atoms with Crippen molar-refractivity contribution in [2.75, 3.05) is 0 Å². The summed E-state index contributed by atoms with van der Waals surface area (Å²) in [5, 5.41) is 0. The Labute approximate surface area is 181 Å². The maximum atomic E-state index is 6.33. The second-order valence-electron chi connectivity index (χ2n) is 9.32. The first-order valence-corrected chi connectivity index (χ1v) is 13.0. The predicted octanol–water partition coefficient (Wildman–Crippen LogP) is 7.56. The molecule has 0 amide bonds.